The molecule has 0 spiro atoms. The molecule has 1 aromatic heterocycles. The molecule has 2 aromatic carbocycles. The summed E-state index contributed by atoms with van der Waals surface area (Å²) in [6.45, 7) is 2.36. The molecule has 7 heteroatoms. The van der Waals surface area contributed by atoms with Crippen molar-refractivity contribution in [3.05, 3.63) is 57.7 Å². The van der Waals surface area contributed by atoms with Gasteiger partial charge >= 0.3 is 0 Å². The van der Waals surface area contributed by atoms with E-state index in [9.17, 15) is 4.79 Å². The number of amides is 1. The number of halogens is 1. The summed E-state index contributed by atoms with van der Waals surface area (Å²) in [4.78, 5) is 16.1. The molecule has 4 rings (SSSR count). The monoisotopic (exact) mass is 425 g/mol. The van der Waals surface area contributed by atoms with E-state index >= 15 is 0 Å². The Balaban J connectivity index is 1.51. The van der Waals surface area contributed by atoms with Gasteiger partial charge in [-0.1, -0.05) is 11.6 Å². The zero-order valence-corrected chi connectivity index (χ0v) is 17.8. The summed E-state index contributed by atoms with van der Waals surface area (Å²) < 4.78 is 10.8. The number of aromatic amines is 1. The third-order valence-corrected chi connectivity index (χ3v) is 5.56. The predicted molar refractivity (Wildman–Crippen MR) is 119 cm³/mol. The van der Waals surface area contributed by atoms with Crippen molar-refractivity contribution in [2.45, 2.75) is 32.6 Å². The van der Waals surface area contributed by atoms with E-state index in [-0.39, 0.29) is 5.91 Å². The van der Waals surface area contributed by atoms with E-state index in [0.717, 1.165) is 23.7 Å². The molecule has 0 bridgehead atoms. The van der Waals surface area contributed by atoms with Crippen molar-refractivity contribution >= 4 is 34.6 Å². The Hall–Kier alpha value is -2.99. The van der Waals surface area contributed by atoms with Gasteiger partial charge in [0, 0.05) is 22.2 Å². The second kappa shape index (κ2) is 8.79. The van der Waals surface area contributed by atoms with Crippen molar-refractivity contribution in [3.63, 3.8) is 0 Å². The van der Waals surface area contributed by atoms with Crippen molar-refractivity contribution in [2.24, 2.45) is 5.10 Å². The van der Waals surface area contributed by atoms with E-state index in [0.29, 0.717) is 34.3 Å². The number of ether oxygens (including phenoxy) is 2. The molecule has 0 aliphatic heterocycles. The summed E-state index contributed by atoms with van der Waals surface area (Å²) in [6.07, 6.45) is 6.06. The summed E-state index contributed by atoms with van der Waals surface area (Å²) >= 11 is 6.25. The first kappa shape index (κ1) is 20.3. The molecule has 1 aliphatic rings. The molecular weight excluding hydrogens is 402 g/mol. The first-order chi connectivity index (χ1) is 14.6. The van der Waals surface area contributed by atoms with E-state index in [2.05, 4.69) is 15.5 Å². The molecule has 6 nitrogen and oxygen atoms in total. The predicted octanol–water partition coefficient (Wildman–Crippen LogP) is 4.87. The first-order valence-corrected chi connectivity index (χ1v) is 10.5. The Morgan fingerprint density at radius 3 is 2.90 bits per heavy atom. The van der Waals surface area contributed by atoms with Gasteiger partial charge in [-0.25, -0.2) is 5.43 Å². The van der Waals surface area contributed by atoms with E-state index < -0.39 is 0 Å². The summed E-state index contributed by atoms with van der Waals surface area (Å²) in [5.74, 6) is 0.745. The maximum atomic E-state index is 12.6. The van der Waals surface area contributed by atoms with Crippen LogP contribution in [0.2, 0.25) is 5.02 Å². The van der Waals surface area contributed by atoms with Gasteiger partial charge in [0.25, 0.3) is 5.91 Å². The van der Waals surface area contributed by atoms with Crippen LogP contribution in [0.1, 0.15) is 46.9 Å². The summed E-state index contributed by atoms with van der Waals surface area (Å²) in [5, 5.41) is 5.63. The number of methoxy groups -OCH3 is 1. The zero-order chi connectivity index (χ0) is 21.1. The quantitative estimate of drug-likeness (QED) is 0.437. The lowest BCUT2D eigenvalue weighted by atomic mass is 9.95. The number of carbonyl (C=O) groups is 1. The Kier molecular flexibility index (Phi) is 5.95. The molecule has 0 unspecified atom stereocenters. The molecule has 0 radical (unpaired) electrons. The highest BCUT2D eigenvalue weighted by molar-refractivity contribution is 6.32. The van der Waals surface area contributed by atoms with Crippen LogP contribution >= 0.6 is 11.6 Å². The molecule has 156 valence electrons. The molecule has 3 aromatic rings. The minimum atomic E-state index is -0.261. The zero-order valence-electron chi connectivity index (χ0n) is 17.0. The molecule has 1 heterocycles. The van der Waals surface area contributed by atoms with E-state index in [4.69, 9.17) is 21.1 Å². The normalized spacial score (nSPS) is 13.4. The number of hydrogen-bond acceptors (Lipinski definition) is 4. The minimum Gasteiger partial charge on any atom is -0.491 e. The van der Waals surface area contributed by atoms with Crippen molar-refractivity contribution < 1.29 is 14.3 Å². The molecule has 0 saturated carbocycles. The number of aromatic nitrogens is 1. The van der Waals surface area contributed by atoms with Crippen LogP contribution in [0.5, 0.6) is 11.5 Å². The Labute approximate surface area is 180 Å². The molecule has 1 amide bonds. The number of hydrazone groups is 1. The smallest absolute Gasteiger partial charge is 0.271 e. The molecular formula is C23H24ClN3O3. The summed E-state index contributed by atoms with van der Waals surface area (Å²) in [5.41, 5.74) is 7.58. The third-order valence-electron chi connectivity index (χ3n) is 5.28. The number of hydrogen-bond donors (Lipinski definition) is 2. The molecule has 0 atom stereocenters. The van der Waals surface area contributed by atoms with Gasteiger partial charge in [-0.15, -0.1) is 0 Å². The van der Waals surface area contributed by atoms with Crippen LogP contribution in [-0.4, -0.2) is 30.8 Å². The van der Waals surface area contributed by atoms with Gasteiger partial charge < -0.3 is 14.5 Å². The second-order valence-corrected chi connectivity index (χ2v) is 7.62. The average Bonchev–Trinajstić information content (AvgIpc) is 3.12. The molecule has 0 saturated heterocycles. The fourth-order valence-corrected chi connectivity index (χ4v) is 4.20. The van der Waals surface area contributed by atoms with E-state index in [1.807, 2.05) is 25.1 Å². The largest absolute Gasteiger partial charge is 0.491 e. The van der Waals surface area contributed by atoms with E-state index in [1.54, 1.807) is 12.1 Å². The number of aryl methyl sites for hydroxylation is 2. The Morgan fingerprint density at radius 1 is 1.27 bits per heavy atom. The molecule has 1 aliphatic carbocycles. The van der Waals surface area contributed by atoms with Crippen molar-refractivity contribution in [2.75, 3.05) is 13.7 Å². The van der Waals surface area contributed by atoms with Crippen LogP contribution in [0.25, 0.3) is 10.9 Å². The van der Waals surface area contributed by atoms with Crippen LogP contribution in [0.3, 0.4) is 0 Å². The Bertz CT molecular complexity index is 1120. The summed E-state index contributed by atoms with van der Waals surface area (Å²) in [7, 11) is 1.54. The van der Waals surface area contributed by atoms with Gasteiger partial charge in [-0.3, -0.25) is 4.79 Å². The number of H-pyrrole nitrogens is 1. The molecule has 0 fully saturated rings. The number of nitrogens with zero attached hydrogens (tertiary/aromatic N) is 1. The molecule has 2 N–H and O–H groups in total. The van der Waals surface area contributed by atoms with Gasteiger partial charge in [0.2, 0.25) is 0 Å². The highest BCUT2D eigenvalue weighted by Gasteiger charge is 2.17. The van der Waals surface area contributed by atoms with Crippen molar-refractivity contribution in [1.29, 1.82) is 0 Å². The summed E-state index contributed by atoms with van der Waals surface area (Å²) in [6, 6.07) is 9.19. The lowest BCUT2D eigenvalue weighted by molar-refractivity contribution is 0.0955. The van der Waals surface area contributed by atoms with Gasteiger partial charge in [0.05, 0.1) is 25.0 Å². The first-order valence-electron chi connectivity index (χ1n) is 10.1. The number of benzene rings is 2. The SMILES string of the molecule is CCOc1cc(/C=N\NC(=O)c2ccc3[nH]c4c(c3c2)CCCC4)cc(Cl)c1OC. The highest BCUT2D eigenvalue weighted by Crippen LogP contribution is 2.36. The second-order valence-electron chi connectivity index (χ2n) is 7.22. The molecule has 30 heavy (non-hydrogen) atoms. The van der Waals surface area contributed by atoms with Gasteiger partial charge in [0.15, 0.2) is 11.5 Å². The standard InChI is InChI=1S/C23H24ClN3O3/c1-3-30-21-11-14(10-18(24)22(21)29-2)13-25-27-23(28)15-8-9-20-17(12-15)16-6-4-5-7-19(16)26-20/h8-13,26H,3-7H2,1-2H3,(H,27,28)/b25-13-. The number of carbonyl (C=O) groups excluding carboxylic acids is 1. The maximum absolute atomic E-state index is 12.6. The fraction of sp³-hybridized carbons (Fsp3) is 0.304. The van der Waals surface area contributed by atoms with Crippen LogP contribution in [0.4, 0.5) is 0 Å². The fourth-order valence-electron chi connectivity index (χ4n) is 3.90. The number of rotatable bonds is 6. The van der Waals surface area contributed by atoms with Crippen molar-refractivity contribution in [1.82, 2.24) is 10.4 Å². The maximum Gasteiger partial charge on any atom is 0.271 e. The lowest BCUT2D eigenvalue weighted by Gasteiger charge is -2.11. The third kappa shape index (κ3) is 4.00. The Morgan fingerprint density at radius 2 is 2.10 bits per heavy atom. The topological polar surface area (TPSA) is 75.7 Å². The minimum absolute atomic E-state index is 0.261. The number of nitrogens with one attached hydrogen (secondary N) is 2. The van der Waals surface area contributed by atoms with E-state index in [1.165, 1.54) is 37.4 Å². The van der Waals surface area contributed by atoms with Crippen LogP contribution in [0.15, 0.2) is 35.4 Å². The van der Waals surface area contributed by atoms with Gasteiger partial charge in [-0.05, 0) is 74.1 Å². The lowest BCUT2D eigenvalue weighted by Crippen LogP contribution is -2.17. The van der Waals surface area contributed by atoms with Crippen LogP contribution in [-0.2, 0) is 12.8 Å². The van der Waals surface area contributed by atoms with Crippen LogP contribution in [0, 0.1) is 0 Å². The van der Waals surface area contributed by atoms with Gasteiger partial charge in [-0.2, -0.15) is 5.10 Å². The average molecular weight is 426 g/mol. The van der Waals surface area contributed by atoms with Gasteiger partial charge in [0.1, 0.15) is 0 Å². The highest BCUT2D eigenvalue weighted by atomic mass is 35.5. The number of fused-ring (bicyclic) bond motifs is 3. The van der Waals surface area contributed by atoms with Crippen molar-refractivity contribution in [3.8, 4) is 11.5 Å². The van der Waals surface area contributed by atoms with Crippen LogP contribution < -0.4 is 14.9 Å².